The van der Waals surface area contributed by atoms with Crippen molar-refractivity contribution < 1.29 is 4.79 Å². The van der Waals surface area contributed by atoms with Crippen molar-refractivity contribution in [3.05, 3.63) is 40.2 Å². The minimum atomic E-state index is 0. The molecule has 0 saturated heterocycles. The van der Waals surface area contributed by atoms with Crippen LogP contribution in [0.25, 0.3) is 11.3 Å². The van der Waals surface area contributed by atoms with E-state index in [-0.39, 0.29) is 30.7 Å². The Kier molecular flexibility index (Phi) is 9.43. The Balaban J connectivity index is 0.00000156. The van der Waals surface area contributed by atoms with E-state index in [1.54, 1.807) is 11.3 Å². The third-order valence-electron chi connectivity index (χ3n) is 3.96. The zero-order chi connectivity index (χ0) is 16.1. The fourth-order valence-corrected chi connectivity index (χ4v) is 3.46. The van der Waals surface area contributed by atoms with Crippen LogP contribution in [0, 0.1) is 12.8 Å². The molecule has 25 heavy (non-hydrogen) atoms. The fraction of sp³-hybridized carbons (Fsp3) is 0.444. The molecule has 138 valence electrons. The summed E-state index contributed by atoms with van der Waals surface area (Å²) in [4.78, 5) is 17.7. The number of hydrogen-bond acceptors (Lipinski definition) is 4. The Hall–Kier alpha value is -1.14. The van der Waals surface area contributed by atoms with Crippen LogP contribution in [0.3, 0.4) is 0 Å². The van der Waals surface area contributed by atoms with Gasteiger partial charge in [0, 0.05) is 23.4 Å². The van der Waals surface area contributed by atoms with Crippen molar-refractivity contribution in [1.29, 1.82) is 0 Å². The summed E-state index contributed by atoms with van der Waals surface area (Å²) in [5.74, 6) is 0.875. The van der Waals surface area contributed by atoms with Gasteiger partial charge >= 0.3 is 0 Å². The summed E-state index contributed by atoms with van der Waals surface area (Å²) in [7, 11) is 0. The first kappa shape index (κ1) is 21.9. The number of carbonyl (C=O) groups excluding carboxylic acids is 1. The van der Waals surface area contributed by atoms with E-state index in [1.807, 2.05) is 18.2 Å². The zero-order valence-corrected chi connectivity index (χ0v) is 16.7. The number of nitrogens with zero attached hydrogens (tertiary/aromatic N) is 1. The molecule has 1 aliphatic rings. The highest BCUT2D eigenvalue weighted by molar-refractivity contribution is 7.12. The van der Waals surface area contributed by atoms with Crippen LogP contribution in [-0.2, 0) is 11.2 Å². The molecular weight excluding hydrogens is 377 g/mol. The lowest BCUT2D eigenvalue weighted by atomic mass is 10.1. The average Bonchev–Trinajstić information content (AvgIpc) is 3.30. The molecule has 0 unspecified atom stereocenters. The predicted octanol–water partition coefficient (Wildman–Crippen LogP) is 3.62. The van der Waals surface area contributed by atoms with Gasteiger partial charge in [-0.1, -0.05) is 30.3 Å². The average molecular weight is 402 g/mol. The number of benzene rings is 1. The van der Waals surface area contributed by atoms with Crippen LogP contribution in [0.5, 0.6) is 0 Å². The lowest BCUT2D eigenvalue weighted by molar-refractivity contribution is -0.120. The lowest BCUT2D eigenvalue weighted by Gasteiger charge is -2.05. The van der Waals surface area contributed by atoms with Gasteiger partial charge in [-0.15, -0.1) is 36.2 Å². The molecule has 4 nitrogen and oxygen atoms in total. The first-order chi connectivity index (χ1) is 11.2. The topological polar surface area (TPSA) is 54.0 Å². The molecule has 1 fully saturated rings. The van der Waals surface area contributed by atoms with Gasteiger partial charge in [-0.05, 0) is 32.2 Å². The predicted molar refractivity (Wildman–Crippen MR) is 109 cm³/mol. The van der Waals surface area contributed by atoms with E-state index in [1.165, 1.54) is 17.7 Å². The summed E-state index contributed by atoms with van der Waals surface area (Å²) >= 11 is 1.71. The molecule has 0 aliphatic heterocycles. The molecule has 1 saturated carbocycles. The summed E-state index contributed by atoms with van der Waals surface area (Å²) in [6.45, 7) is 4.14. The fourth-order valence-electron chi connectivity index (χ4n) is 2.51. The maximum Gasteiger partial charge on any atom is 0.233 e. The van der Waals surface area contributed by atoms with Crippen molar-refractivity contribution in [3.8, 4) is 11.3 Å². The number of nitrogens with one attached hydrogen (secondary N) is 2. The second-order valence-corrected chi connectivity index (χ2v) is 7.34. The number of hydrogen-bond donors (Lipinski definition) is 2. The molecule has 2 aromatic rings. The minimum Gasteiger partial charge on any atom is -0.355 e. The van der Waals surface area contributed by atoms with Gasteiger partial charge in [0.05, 0.1) is 17.2 Å². The quantitative estimate of drug-likeness (QED) is 0.709. The molecule has 7 heteroatoms. The summed E-state index contributed by atoms with van der Waals surface area (Å²) in [5, 5.41) is 7.24. The van der Waals surface area contributed by atoms with Gasteiger partial charge in [0.1, 0.15) is 0 Å². The van der Waals surface area contributed by atoms with E-state index >= 15 is 0 Å². The van der Waals surface area contributed by atoms with Gasteiger partial charge in [0.25, 0.3) is 0 Å². The highest BCUT2D eigenvalue weighted by Crippen LogP contribution is 2.28. The maximum absolute atomic E-state index is 11.7. The van der Waals surface area contributed by atoms with Crippen LogP contribution in [-0.4, -0.2) is 30.5 Å². The maximum atomic E-state index is 11.7. The molecule has 1 aliphatic carbocycles. The molecule has 1 aromatic carbocycles. The normalized spacial score (nSPS) is 12.8. The Morgan fingerprint density at radius 1 is 1.24 bits per heavy atom. The molecule has 2 N–H and O–H groups in total. The number of amides is 1. The number of thiazole rings is 1. The van der Waals surface area contributed by atoms with E-state index in [2.05, 4.69) is 29.7 Å². The minimum absolute atomic E-state index is 0. The molecule has 0 bridgehead atoms. The van der Waals surface area contributed by atoms with Crippen LogP contribution in [0.4, 0.5) is 0 Å². The van der Waals surface area contributed by atoms with E-state index < -0.39 is 0 Å². The van der Waals surface area contributed by atoms with Gasteiger partial charge in [0.2, 0.25) is 5.91 Å². The van der Waals surface area contributed by atoms with Gasteiger partial charge in [0.15, 0.2) is 0 Å². The third-order valence-corrected chi connectivity index (χ3v) is 5.00. The van der Waals surface area contributed by atoms with Crippen molar-refractivity contribution in [2.75, 3.05) is 19.6 Å². The van der Waals surface area contributed by atoms with Crippen LogP contribution < -0.4 is 10.6 Å². The van der Waals surface area contributed by atoms with Crippen molar-refractivity contribution in [2.45, 2.75) is 26.2 Å². The van der Waals surface area contributed by atoms with Crippen LogP contribution in [0.15, 0.2) is 30.3 Å². The van der Waals surface area contributed by atoms with E-state index in [0.29, 0.717) is 13.1 Å². The van der Waals surface area contributed by atoms with Crippen molar-refractivity contribution in [1.82, 2.24) is 15.6 Å². The zero-order valence-electron chi connectivity index (χ0n) is 14.3. The van der Waals surface area contributed by atoms with Gasteiger partial charge < -0.3 is 10.6 Å². The summed E-state index contributed by atoms with van der Waals surface area (Å²) in [6.07, 6.45) is 3.40. The number of aryl methyl sites for hydroxylation is 1. The third kappa shape index (κ3) is 6.94. The molecule has 3 rings (SSSR count). The number of rotatable bonds is 8. The van der Waals surface area contributed by atoms with E-state index in [4.69, 9.17) is 4.98 Å². The second-order valence-electron chi connectivity index (χ2n) is 6.05. The standard InChI is InChI=1S/C18H23N3OS.2ClH/c1-13-18(15-5-3-2-4-6-15)21-17(23-13)9-10-20-16(22)12-19-11-14-7-8-14;;/h2-6,14,19H,7-12H2,1H3,(H,20,22);2*1H. The summed E-state index contributed by atoms with van der Waals surface area (Å²) in [6, 6.07) is 10.2. The Morgan fingerprint density at radius 3 is 2.64 bits per heavy atom. The molecule has 0 radical (unpaired) electrons. The van der Waals surface area contributed by atoms with Crippen LogP contribution in [0.2, 0.25) is 0 Å². The highest BCUT2D eigenvalue weighted by Gasteiger charge is 2.20. The smallest absolute Gasteiger partial charge is 0.233 e. The van der Waals surface area contributed by atoms with Gasteiger partial charge in [-0.2, -0.15) is 0 Å². The summed E-state index contributed by atoms with van der Waals surface area (Å²) < 4.78 is 0. The molecule has 0 spiro atoms. The monoisotopic (exact) mass is 401 g/mol. The largest absolute Gasteiger partial charge is 0.355 e. The number of carbonyl (C=O) groups is 1. The van der Waals surface area contributed by atoms with E-state index in [9.17, 15) is 4.79 Å². The highest BCUT2D eigenvalue weighted by atomic mass is 35.5. The molecular formula is C18H25Cl2N3OS. The lowest BCUT2D eigenvalue weighted by Crippen LogP contribution is -2.35. The molecule has 1 amide bonds. The van der Waals surface area contributed by atoms with Crippen molar-refractivity contribution >= 4 is 42.1 Å². The van der Waals surface area contributed by atoms with Gasteiger partial charge in [-0.25, -0.2) is 4.98 Å². The van der Waals surface area contributed by atoms with Crippen LogP contribution in [0.1, 0.15) is 22.7 Å². The SMILES string of the molecule is Cc1sc(CCNC(=O)CNCC2CC2)nc1-c1ccccc1.Cl.Cl. The summed E-state index contributed by atoms with van der Waals surface area (Å²) in [5.41, 5.74) is 2.21. The molecule has 0 atom stereocenters. The second kappa shape index (κ2) is 10.8. The Labute approximate surface area is 165 Å². The Morgan fingerprint density at radius 2 is 1.96 bits per heavy atom. The Bertz CT molecular complexity index is 660. The molecule has 1 heterocycles. The van der Waals surface area contributed by atoms with Crippen molar-refractivity contribution in [2.24, 2.45) is 5.92 Å². The van der Waals surface area contributed by atoms with Crippen molar-refractivity contribution in [3.63, 3.8) is 0 Å². The first-order valence-corrected chi connectivity index (χ1v) is 9.03. The number of halogens is 2. The van der Waals surface area contributed by atoms with Crippen LogP contribution >= 0.6 is 36.2 Å². The first-order valence-electron chi connectivity index (χ1n) is 8.21. The van der Waals surface area contributed by atoms with Gasteiger partial charge in [-0.3, -0.25) is 4.79 Å². The molecule has 1 aromatic heterocycles. The van der Waals surface area contributed by atoms with E-state index in [0.717, 1.165) is 35.1 Å². The number of aromatic nitrogens is 1.